The molecule has 3 heteroatoms. The zero-order valence-corrected chi connectivity index (χ0v) is 10.4. The molecular weight excluding hydrogens is 222 g/mol. The molecule has 1 saturated heterocycles. The highest BCUT2D eigenvalue weighted by atomic mass is 35.5. The normalized spacial score (nSPS) is 18.1. The number of hydrogen-bond donors (Lipinski definition) is 1. The van der Waals surface area contributed by atoms with E-state index in [0.717, 1.165) is 37.7 Å². The number of benzene rings is 1. The number of nitrogens with one attached hydrogen (secondary N) is 1. The summed E-state index contributed by atoms with van der Waals surface area (Å²) in [5.74, 6) is 0. The van der Waals surface area contributed by atoms with Crippen molar-refractivity contribution in [1.82, 2.24) is 5.32 Å². The molecule has 0 spiro atoms. The Morgan fingerprint density at radius 1 is 1.38 bits per heavy atom. The minimum atomic E-state index is 0.188. The van der Waals surface area contributed by atoms with Crippen LogP contribution in [0.2, 0.25) is 5.02 Å². The van der Waals surface area contributed by atoms with Crippen molar-refractivity contribution >= 4 is 11.6 Å². The first kappa shape index (κ1) is 11.9. The lowest BCUT2D eigenvalue weighted by molar-refractivity contribution is 0.109. The first-order chi connectivity index (χ1) is 7.78. The van der Waals surface area contributed by atoms with Crippen molar-refractivity contribution in [3.8, 4) is 0 Å². The molecule has 1 fully saturated rings. The fraction of sp³-hybridized carbons (Fsp3) is 0.538. The van der Waals surface area contributed by atoms with Gasteiger partial charge in [-0.05, 0) is 25.0 Å². The van der Waals surface area contributed by atoms with E-state index >= 15 is 0 Å². The number of hydrogen-bond acceptors (Lipinski definition) is 2. The lowest BCUT2D eigenvalue weighted by Gasteiger charge is -2.43. The third kappa shape index (κ3) is 2.24. The van der Waals surface area contributed by atoms with E-state index < -0.39 is 0 Å². The van der Waals surface area contributed by atoms with Gasteiger partial charge in [-0.3, -0.25) is 0 Å². The molecule has 1 N–H and O–H groups in total. The van der Waals surface area contributed by atoms with Crippen molar-refractivity contribution in [2.75, 3.05) is 26.3 Å². The second-order valence-electron chi connectivity index (χ2n) is 4.31. The van der Waals surface area contributed by atoms with Gasteiger partial charge in [0, 0.05) is 36.7 Å². The third-order valence-electron chi connectivity index (χ3n) is 3.30. The van der Waals surface area contributed by atoms with Gasteiger partial charge >= 0.3 is 0 Å². The molecule has 0 aromatic heterocycles. The van der Waals surface area contributed by atoms with Crippen molar-refractivity contribution < 1.29 is 4.74 Å². The minimum absolute atomic E-state index is 0.188. The molecule has 0 radical (unpaired) electrons. The van der Waals surface area contributed by atoms with Crippen molar-refractivity contribution in [2.24, 2.45) is 0 Å². The lowest BCUT2D eigenvalue weighted by Crippen LogP contribution is -2.57. The Morgan fingerprint density at radius 2 is 2.12 bits per heavy atom. The standard InChI is InChI=1S/C13H18ClNO/c1-2-16-8-7-13(9-15-10-13)11-5-3-4-6-12(11)14/h3-6,15H,2,7-10H2,1H3. The average molecular weight is 240 g/mol. The molecule has 0 unspecified atom stereocenters. The maximum atomic E-state index is 6.27. The van der Waals surface area contributed by atoms with Crippen molar-refractivity contribution in [3.63, 3.8) is 0 Å². The summed E-state index contributed by atoms with van der Waals surface area (Å²) in [4.78, 5) is 0. The Labute approximate surface area is 102 Å². The summed E-state index contributed by atoms with van der Waals surface area (Å²) >= 11 is 6.27. The van der Waals surface area contributed by atoms with Gasteiger partial charge < -0.3 is 10.1 Å². The predicted molar refractivity (Wildman–Crippen MR) is 67.1 cm³/mol. The van der Waals surface area contributed by atoms with Crippen LogP contribution in [-0.2, 0) is 10.2 Å². The SMILES string of the molecule is CCOCCC1(c2ccccc2Cl)CNC1. The van der Waals surface area contributed by atoms with Crippen LogP contribution >= 0.6 is 11.6 Å². The Hall–Kier alpha value is -0.570. The highest BCUT2D eigenvalue weighted by Gasteiger charge is 2.39. The molecule has 0 aliphatic carbocycles. The van der Waals surface area contributed by atoms with Crippen molar-refractivity contribution in [2.45, 2.75) is 18.8 Å². The van der Waals surface area contributed by atoms with Crippen LogP contribution < -0.4 is 5.32 Å². The maximum absolute atomic E-state index is 6.27. The Morgan fingerprint density at radius 3 is 2.69 bits per heavy atom. The maximum Gasteiger partial charge on any atom is 0.0475 e. The minimum Gasteiger partial charge on any atom is -0.382 e. The van der Waals surface area contributed by atoms with Gasteiger partial charge in [-0.15, -0.1) is 0 Å². The monoisotopic (exact) mass is 239 g/mol. The molecule has 2 rings (SSSR count). The summed E-state index contributed by atoms with van der Waals surface area (Å²) < 4.78 is 5.46. The fourth-order valence-electron chi connectivity index (χ4n) is 2.23. The molecule has 0 amide bonds. The molecular formula is C13H18ClNO. The van der Waals surface area contributed by atoms with Crippen LogP contribution in [-0.4, -0.2) is 26.3 Å². The second kappa shape index (κ2) is 5.17. The zero-order valence-electron chi connectivity index (χ0n) is 9.63. The van der Waals surface area contributed by atoms with Gasteiger partial charge in [-0.1, -0.05) is 29.8 Å². The summed E-state index contributed by atoms with van der Waals surface area (Å²) in [5, 5.41) is 4.22. The molecule has 1 aliphatic rings. The summed E-state index contributed by atoms with van der Waals surface area (Å²) in [7, 11) is 0. The van der Waals surface area contributed by atoms with E-state index in [1.54, 1.807) is 0 Å². The Bertz CT molecular complexity index is 350. The number of halogens is 1. The van der Waals surface area contributed by atoms with E-state index in [4.69, 9.17) is 16.3 Å². The molecule has 0 atom stereocenters. The van der Waals surface area contributed by atoms with Gasteiger partial charge in [0.1, 0.15) is 0 Å². The van der Waals surface area contributed by atoms with Crippen LogP contribution in [0.1, 0.15) is 18.9 Å². The summed E-state index contributed by atoms with van der Waals surface area (Å²) in [5.41, 5.74) is 1.45. The van der Waals surface area contributed by atoms with Gasteiger partial charge in [-0.25, -0.2) is 0 Å². The highest BCUT2D eigenvalue weighted by molar-refractivity contribution is 6.31. The third-order valence-corrected chi connectivity index (χ3v) is 3.63. The van der Waals surface area contributed by atoms with Crippen LogP contribution in [0.3, 0.4) is 0 Å². The van der Waals surface area contributed by atoms with E-state index in [9.17, 15) is 0 Å². The first-order valence-corrected chi connectivity index (χ1v) is 6.20. The van der Waals surface area contributed by atoms with E-state index in [-0.39, 0.29) is 5.41 Å². The van der Waals surface area contributed by atoms with Crippen LogP contribution in [0.15, 0.2) is 24.3 Å². The van der Waals surface area contributed by atoms with Crippen LogP contribution in [0.5, 0.6) is 0 Å². The zero-order chi connectivity index (χ0) is 11.4. The molecule has 1 heterocycles. The smallest absolute Gasteiger partial charge is 0.0475 e. The second-order valence-corrected chi connectivity index (χ2v) is 4.72. The molecule has 0 saturated carbocycles. The van der Waals surface area contributed by atoms with Gasteiger partial charge in [-0.2, -0.15) is 0 Å². The van der Waals surface area contributed by atoms with Gasteiger partial charge in [0.2, 0.25) is 0 Å². The molecule has 1 aliphatic heterocycles. The van der Waals surface area contributed by atoms with E-state index in [1.165, 1.54) is 5.56 Å². The van der Waals surface area contributed by atoms with Crippen LogP contribution in [0.4, 0.5) is 0 Å². The average Bonchev–Trinajstić information content (AvgIpc) is 2.24. The lowest BCUT2D eigenvalue weighted by atomic mass is 9.73. The first-order valence-electron chi connectivity index (χ1n) is 5.82. The van der Waals surface area contributed by atoms with Crippen molar-refractivity contribution in [3.05, 3.63) is 34.9 Å². The van der Waals surface area contributed by atoms with E-state index in [1.807, 2.05) is 19.1 Å². The van der Waals surface area contributed by atoms with Crippen LogP contribution in [0.25, 0.3) is 0 Å². The quantitative estimate of drug-likeness (QED) is 0.798. The summed E-state index contributed by atoms with van der Waals surface area (Å²) in [6.45, 7) is 5.63. The molecule has 88 valence electrons. The molecule has 2 nitrogen and oxygen atoms in total. The van der Waals surface area contributed by atoms with E-state index in [2.05, 4.69) is 17.4 Å². The molecule has 0 bridgehead atoms. The summed E-state index contributed by atoms with van der Waals surface area (Å²) in [6, 6.07) is 8.14. The molecule has 16 heavy (non-hydrogen) atoms. The van der Waals surface area contributed by atoms with E-state index in [0.29, 0.717) is 0 Å². The Balaban J connectivity index is 2.12. The predicted octanol–water partition coefficient (Wildman–Crippen LogP) is 2.61. The fourth-order valence-corrected chi connectivity index (χ4v) is 2.57. The number of rotatable bonds is 5. The molecule has 1 aromatic rings. The Kier molecular flexibility index (Phi) is 3.85. The van der Waals surface area contributed by atoms with Gasteiger partial charge in [0.25, 0.3) is 0 Å². The largest absolute Gasteiger partial charge is 0.382 e. The topological polar surface area (TPSA) is 21.3 Å². The van der Waals surface area contributed by atoms with Crippen molar-refractivity contribution in [1.29, 1.82) is 0 Å². The number of ether oxygens (including phenoxy) is 1. The van der Waals surface area contributed by atoms with Gasteiger partial charge in [0.05, 0.1) is 0 Å². The molecule has 1 aromatic carbocycles. The highest BCUT2D eigenvalue weighted by Crippen LogP contribution is 2.36. The van der Waals surface area contributed by atoms with Gasteiger partial charge in [0.15, 0.2) is 0 Å². The summed E-state index contributed by atoms with van der Waals surface area (Å²) in [6.07, 6.45) is 1.04. The van der Waals surface area contributed by atoms with Crippen LogP contribution in [0, 0.1) is 0 Å².